The van der Waals surface area contributed by atoms with E-state index in [1.54, 1.807) is 0 Å². The van der Waals surface area contributed by atoms with Gasteiger partial charge in [0.25, 0.3) is 0 Å². The molecule has 114 valence electrons. The molecule has 3 saturated carbocycles. The van der Waals surface area contributed by atoms with Crippen LogP contribution in [0.3, 0.4) is 0 Å². The van der Waals surface area contributed by atoms with Crippen LogP contribution in [0.25, 0.3) is 0 Å². The molecule has 4 rings (SSSR count). The van der Waals surface area contributed by atoms with E-state index in [1.165, 1.54) is 0 Å². The molecular formula is C18H23FO2. The highest BCUT2D eigenvalue weighted by Crippen LogP contribution is 2.60. The second kappa shape index (κ2) is 4.50. The van der Waals surface area contributed by atoms with E-state index in [2.05, 4.69) is 6.92 Å². The third kappa shape index (κ3) is 1.75. The molecule has 0 bridgehead atoms. The predicted molar refractivity (Wildman–Crippen MR) is 77.2 cm³/mol. The minimum atomic E-state index is -0.416. The predicted octanol–water partition coefficient (Wildman–Crippen LogP) is 3.99. The summed E-state index contributed by atoms with van der Waals surface area (Å²) in [6.07, 6.45) is 6.71. The topological polar surface area (TPSA) is 34.1 Å². The molecule has 0 amide bonds. The molecule has 4 aliphatic carbocycles. The van der Waals surface area contributed by atoms with E-state index < -0.39 is 5.83 Å². The highest BCUT2D eigenvalue weighted by Gasteiger charge is 2.56. The van der Waals surface area contributed by atoms with E-state index >= 15 is 0 Å². The lowest BCUT2D eigenvalue weighted by atomic mass is 9.52. The Morgan fingerprint density at radius 1 is 1.00 bits per heavy atom. The normalized spacial score (nSPS) is 46.2. The summed E-state index contributed by atoms with van der Waals surface area (Å²) in [5, 5.41) is 0. The van der Waals surface area contributed by atoms with Crippen molar-refractivity contribution in [1.82, 2.24) is 0 Å². The molecule has 2 nitrogen and oxygen atoms in total. The monoisotopic (exact) mass is 290 g/mol. The summed E-state index contributed by atoms with van der Waals surface area (Å²) in [6, 6.07) is 0. The first kappa shape index (κ1) is 13.7. The van der Waals surface area contributed by atoms with Gasteiger partial charge >= 0.3 is 0 Å². The van der Waals surface area contributed by atoms with Crippen LogP contribution < -0.4 is 0 Å². The van der Waals surface area contributed by atoms with Crippen LogP contribution in [-0.2, 0) is 9.59 Å². The molecule has 0 radical (unpaired) electrons. The number of hydrogen-bond donors (Lipinski definition) is 0. The second-order valence-corrected chi connectivity index (χ2v) is 7.80. The van der Waals surface area contributed by atoms with Crippen molar-refractivity contribution in [3.8, 4) is 0 Å². The molecule has 0 N–H and O–H groups in total. The van der Waals surface area contributed by atoms with Crippen molar-refractivity contribution < 1.29 is 14.0 Å². The fourth-order valence-corrected chi connectivity index (χ4v) is 6.00. The van der Waals surface area contributed by atoms with Gasteiger partial charge in [0, 0.05) is 18.3 Å². The molecule has 0 aliphatic heterocycles. The Balaban J connectivity index is 1.67. The van der Waals surface area contributed by atoms with Crippen molar-refractivity contribution in [2.45, 2.75) is 58.3 Å². The Morgan fingerprint density at radius 2 is 1.81 bits per heavy atom. The number of allylic oxidation sites excluding steroid dienone is 1. The summed E-state index contributed by atoms with van der Waals surface area (Å²) < 4.78 is 14.2. The van der Waals surface area contributed by atoms with E-state index in [9.17, 15) is 14.0 Å². The van der Waals surface area contributed by atoms with Gasteiger partial charge in [-0.2, -0.15) is 0 Å². The summed E-state index contributed by atoms with van der Waals surface area (Å²) in [5.74, 6) is 1.63. The van der Waals surface area contributed by atoms with Gasteiger partial charge in [0.2, 0.25) is 0 Å². The lowest BCUT2D eigenvalue weighted by Gasteiger charge is -2.52. The standard InChI is InChI=1S/C18H23FO2/c1-18-9-8-11-10-4-6-15(20)17(19)13(10)3-2-12(11)14(18)5-7-16(18)21/h10-12,14H,2-9H2,1H3/t10?,11-,12-,14+,18+/m1/s1. The van der Waals surface area contributed by atoms with Crippen LogP contribution in [0.15, 0.2) is 11.4 Å². The zero-order chi connectivity index (χ0) is 14.8. The summed E-state index contributed by atoms with van der Waals surface area (Å²) in [7, 11) is 0. The van der Waals surface area contributed by atoms with Gasteiger partial charge in [0.15, 0.2) is 11.6 Å². The van der Waals surface area contributed by atoms with Gasteiger partial charge < -0.3 is 0 Å². The van der Waals surface area contributed by atoms with Crippen molar-refractivity contribution in [2.24, 2.45) is 29.1 Å². The third-order valence-corrected chi connectivity index (χ3v) is 7.12. The van der Waals surface area contributed by atoms with Crippen molar-refractivity contribution in [2.75, 3.05) is 0 Å². The van der Waals surface area contributed by atoms with Crippen LogP contribution in [0, 0.1) is 29.1 Å². The zero-order valence-electron chi connectivity index (χ0n) is 12.7. The van der Waals surface area contributed by atoms with Gasteiger partial charge in [-0.1, -0.05) is 6.92 Å². The van der Waals surface area contributed by atoms with Crippen LogP contribution in [0.5, 0.6) is 0 Å². The molecule has 0 saturated heterocycles. The smallest absolute Gasteiger partial charge is 0.191 e. The minimum absolute atomic E-state index is 0.106. The van der Waals surface area contributed by atoms with Gasteiger partial charge in [-0.3, -0.25) is 9.59 Å². The molecule has 3 fully saturated rings. The second-order valence-electron chi connectivity index (χ2n) is 7.80. The van der Waals surface area contributed by atoms with Gasteiger partial charge in [-0.25, -0.2) is 4.39 Å². The van der Waals surface area contributed by atoms with E-state index in [0.29, 0.717) is 30.0 Å². The maximum absolute atomic E-state index is 14.2. The fraction of sp³-hybridized carbons (Fsp3) is 0.778. The first-order chi connectivity index (χ1) is 10.0. The van der Waals surface area contributed by atoms with Crippen LogP contribution in [0.4, 0.5) is 4.39 Å². The van der Waals surface area contributed by atoms with Crippen molar-refractivity contribution in [1.29, 1.82) is 0 Å². The third-order valence-electron chi connectivity index (χ3n) is 7.12. The molecule has 0 aromatic heterocycles. The summed E-state index contributed by atoms with van der Waals surface area (Å²) in [5.41, 5.74) is 0.714. The largest absolute Gasteiger partial charge is 0.299 e. The zero-order valence-corrected chi connectivity index (χ0v) is 12.7. The summed E-state index contributed by atoms with van der Waals surface area (Å²) >= 11 is 0. The molecule has 4 aliphatic rings. The maximum atomic E-state index is 14.2. The van der Waals surface area contributed by atoms with E-state index in [-0.39, 0.29) is 17.1 Å². The Hall–Kier alpha value is -0.990. The average molecular weight is 290 g/mol. The molecule has 0 aromatic rings. The molecule has 21 heavy (non-hydrogen) atoms. The number of hydrogen-bond acceptors (Lipinski definition) is 2. The highest BCUT2D eigenvalue weighted by atomic mass is 19.1. The van der Waals surface area contributed by atoms with Gasteiger partial charge in [-0.05, 0) is 67.8 Å². The van der Waals surface area contributed by atoms with Crippen LogP contribution in [0.1, 0.15) is 58.3 Å². The van der Waals surface area contributed by atoms with E-state index in [4.69, 9.17) is 0 Å². The molecule has 3 heteroatoms. The van der Waals surface area contributed by atoms with Crippen LogP contribution in [0.2, 0.25) is 0 Å². The number of ketones is 2. The molecule has 0 heterocycles. The first-order valence-electron chi connectivity index (χ1n) is 8.47. The molecule has 0 aromatic carbocycles. The van der Waals surface area contributed by atoms with E-state index in [0.717, 1.165) is 50.5 Å². The molecule has 5 atom stereocenters. The van der Waals surface area contributed by atoms with Crippen LogP contribution in [-0.4, -0.2) is 11.6 Å². The number of carbonyl (C=O) groups is 2. The number of Topliss-reactive ketones (excluding diaryl/α,β-unsaturated/α-hetero) is 2. The van der Waals surface area contributed by atoms with Gasteiger partial charge in [0.1, 0.15) is 5.78 Å². The summed E-state index contributed by atoms with van der Waals surface area (Å²) in [6.45, 7) is 2.17. The number of halogens is 1. The highest BCUT2D eigenvalue weighted by molar-refractivity contribution is 5.95. The molecule has 0 spiro atoms. The quantitative estimate of drug-likeness (QED) is 0.676. The van der Waals surface area contributed by atoms with Crippen molar-refractivity contribution in [3.63, 3.8) is 0 Å². The SMILES string of the molecule is C[C@]12CC[C@@H]3C4CCC(=O)C(F)=C4CC[C@H]3[C@@H]1CCC2=O. The molecule has 1 unspecified atom stereocenters. The Labute approximate surface area is 125 Å². The first-order valence-corrected chi connectivity index (χ1v) is 8.47. The van der Waals surface area contributed by atoms with Gasteiger partial charge in [0.05, 0.1) is 0 Å². The Kier molecular flexibility index (Phi) is 2.93. The lowest BCUT2D eigenvalue weighted by molar-refractivity contribution is -0.131. The number of rotatable bonds is 0. The summed E-state index contributed by atoms with van der Waals surface area (Å²) in [4.78, 5) is 23.9. The van der Waals surface area contributed by atoms with Crippen molar-refractivity contribution >= 4 is 11.6 Å². The maximum Gasteiger partial charge on any atom is 0.191 e. The fourth-order valence-electron chi connectivity index (χ4n) is 6.00. The Bertz CT molecular complexity index is 549. The van der Waals surface area contributed by atoms with Crippen LogP contribution >= 0.6 is 0 Å². The number of carbonyl (C=O) groups excluding carboxylic acids is 2. The Morgan fingerprint density at radius 3 is 2.62 bits per heavy atom. The van der Waals surface area contributed by atoms with Gasteiger partial charge in [-0.15, -0.1) is 0 Å². The van der Waals surface area contributed by atoms with Crippen molar-refractivity contribution in [3.05, 3.63) is 11.4 Å². The lowest BCUT2D eigenvalue weighted by Crippen LogP contribution is -2.46. The molecular weight excluding hydrogens is 267 g/mol. The minimum Gasteiger partial charge on any atom is -0.299 e. The van der Waals surface area contributed by atoms with E-state index in [1.807, 2.05) is 0 Å². The number of fused-ring (bicyclic) bond motifs is 5. The average Bonchev–Trinajstić information content (AvgIpc) is 2.78.